The second-order valence-electron chi connectivity index (χ2n) is 3.17. The van der Waals surface area contributed by atoms with E-state index >= 15 is 0 Å². The molecule has 1 saturated carbocycles. The van der Waals surface area contributed by atoms with E-state index in [4.69, 9.17) is 10.2 Å². The molecule has 0 aliphatic heterocycles. The van der Waals surface area contributed by atoms with Crippen molar-refractivity contribution in [2.24, 2.45) is 11.8 Å². The molecule has 1 aliphatic carbocycles. The van der Waals surface area contributed by atoms with Gasteiger partial charge in [0.05, 0.1) is 12.5 Å². The van der Waals surface area contributed by atoms with Gasteiger partial charge in [0.15, 0.2) is 0 Å². The predicted molar refractivity (Wildman–Crippen MR) is 40.2 cm³/mol. The van der Waals surface area contributed by atoms with Crippen LogP contribution in [0.3, 0.4) is 0 Å². The van der Waals surface area contributed by atoms with Crippen molar-refractivity contribution in [3.63, 3.8) is 0 Å². The van der Waals surface area contributed by atoms with Gasteiger partial charge in [-0.15, -0.1) is 0 Å². The number of carbonyl (C=O) groups is 1. The SMILES string of the molecule is O=C(O)[C@@H](CO)C1CCCC1. The van der Waals surface area contributed by atoms with Gasteiger partial charge in [0.1, 0.15) is 0 Å². The summed E-state index contributed by atoms with van der Waals surface area (Å²) in [5, 5.41) is 17.4. The Balaban J connectivity index is 2.46. The van der Waals surface area contributed by atoms with Gasteiger partial charge in [-0.1, -0.05) is 12.8 Å². The molecule has 3 nitrogen and oxygen atoms in total. The third kappa shape index (κ3) is 1.93. The third-order valence-electron chi connectivity index (χ3n) is 2.48. The summed E-state index contributed by atoms with van der Waals surface area (Å²) in [5.74, 6) is -1.14. The maximum atomic E-state index is 10.6. The number of hydrogen-bond donors (Lipinski definition) is 2. The molecule has 0 aromatic rings. The zero-order valence-corrected chi connectivity index (χ0v) is 6.49. The van der Waals surface area contributed by atoms with Gasteiger partial charge in [-0.05, 0) is 18.8 Å². The molecule has 0 aromatic carbocycles. The Hall–Kier alpha value is -0.570. The van der Waals surface area contributed by atoms with Crippen molar-refractivity contribution < 1.29 is 15.0 Å². The third-order valence-corrected chi connectivity index (χ3v) is 2.48. The number of aliphatic hydroxyl groups is 1. The lowest BCUT2D eigenvalue weighted by Crippen LogP contribution is -2.25. The predicted octanol–water partition coefficient (Wildman–Crippen LogP) is 0.870. The van der Waals surface area contributed by atoms with Gasteiger partial charge in [0.25, 0.3) is 0 Å². The summed E-state index contributed by atoms with van der Waals surface area (Å²) in [4.78, 5) is 10.6. The molecule has 1 rings (SSSR count). The maximum Gasteiger partial charge on any atom is 0.309 e. The number of carboxylic acids is 1. The molecule has 1 atom stereocenters. The highest BCUT2D eigenvalue weighted by Crippen LogP contribution is 2.31. The van der Waals surface area contributed by atoms with E-state index in [2.05, 4.69) is 0 Å². The van der Waals surface area contributed by atoms with Crippen LogP contribution in [0.4, 0.5) is 0 Å². The Labute approximate surface area is 66.0 Å². The Kier molecular flexibility index (Phi) is 2.88. The standard InChI is InChI=1S/C8H14O3/c9-5-7(8(10)11)6-3-1-2-4-6/h6-7,9H,1-5H2,(H,10,11)/t7-/m0/s1. The molecule has 0 bridgehead atoms. The molecular formula is C8H14O3. The van der Waals surface area contributed by atoms with E-state index in [-0.39, 0.29) is 12.5 Å². The average molecular weight is 158 g/mol. The lowest BCUT2D eigenvalue weighted by Gasteiger charge is -2.15. The van der Waals surface area contributed by atoms with Gasteiger partial charge >= 0.3 is 5.97 Å². The fraction of sp³-hybridized carbons (Fsp3) is 0.875. The normalized spacial score (nSPS) is 21.9. The van der Waals surface area contributed by atoms with Crippen molar-refractivity contribution in [1.82, 2.24) is 0 Å². The number of rotatable bonds is 3. The number of hydrogen-bond acceptors (Lipinski definition) is 2. The molecule has 0 saturated heterocycles. The summed E-state index contributed by atoms with van der Waals surface area (Å²) < 4.78 is 0. The Morgan fingerprint density at radius 2 is 2.00 bits per heavy atom. The van der Waals surface area contributed by atoms with Crippen LogP contribution >= 0.6 is 0 Å². The van der Waals surface area contributed by atoms with Crippen molar-refractivity contribution in [3.8, 4) is 0 Å². The van der Waals surface area contributed by atoms with E-state index in [0.29, 0.717) is 0 Å². The molecule has 1 fully saturated rings. The smallest absolute Gasteiger partial charge is 0.309 e. The fourth-order valence-corrected chi connectivity index (χ4v) is 1.79. The van der Waals surface area contributed by atoms with Gasteiger partial charge in [-0.2, -0.15) is 0 Å². The summed E-state index contributed by atoms with van der Waals surface area (Å²) in [6.07, 6.45) is 4.18. The van der Waals surface area contributed by atoms with Crippen molar-refractivity contribution in [1.29, 1.82) is 0 Å². The Bertz CT molecular complexity index is 138. The van der Waals surface area contributed by atoms with Gasteiger partial charge in [-0.25, -0.2) is 0 Å². The van der Waals surface area contributed by atoms with Crippen LogP contribution in [0.25, 0.3) is 0 Å². The van der Waals surface area contributed by atoms with Gasteiger partial charge in [-0.3, -0.25) is 4.79 Å². The van der Waals surface area contributed by atoms with Crippen molar-refractivity contribution in [2.75, 3.05) is 6.61 Å². The van der Waals surface area contributed by atoms with Crippen LogP contribution in [0.2, 0.25) is 0 Å². The quantitative estimate of drug-likeness (QED) is 0.640. The van der Waals surface area contributed by atoms with Crippen LogP contribution in [0, 0.1) is 11.8 Å². The second-order valence-corrected chi connectivity index (χ2v) is 3.17. The van der Waals surface area contributed by atoms with Crippen LogP contribution < -0.4 is 0 Å². The average Bonchev–Trinajstić information content (AvgIpc) is 2.40. The summed E-state index contributed by atoms with van der Waals surface area (Å²) >= 11 is 0. The van der Waals surface area contributed by atoms with Gasteiger partial charge in [0.2, 0.25) is 0 Å². The molecule has 0 amide bonds. The summed E-state index contributed by atoms with van der Waals surface area (Å²) in [7, 11) is 0. The molecule has 0 heterocycles. The zero-order valence-electron chi connectivity index (χ0n) is 6.49. The molecule has 3 heteroatoms. The summed E-state index contributed by atoms with van der Waals surface area (Å²) in [5.41, 5.74) is 0. The van der Waals surface area contributed by atoms with E-state index in [0.717, 1.165) is 25.7 Å². The minimum absolute atomic E-state index is 0.208. The maximum absolute atomic E-state index is 10.6. The minimum atomic E-state index is -0.848. The van der Waals surface area contributed by atoms with Crippen molar-refractivity contribution in [2.45, 2.75) is 25.7 Å². The summed E-state index contributed by atoms with van der Waals surface area (Å²) in [6, 6.07) is 0. The molecule has 2 N–H and O–H groups in total. The van der Waals surface area contributed by atoms with Crippen LogP contribution in [0.1, 0.15) is 25.7 Å². The largest absolute Gasteiger partial charge is 0.481 e. The first kappa shape index (κ1) is 8.53. The Morgan fingerprint density at radius 1 is 1.45 bits per heavy atom. The first-order valence-corrected chi connectivity index (χ1v) is 4.09. The van der Waals surface area contributed by atoms with Crippen LogP contribution in [0.15, 0.2) is 0 Å². The molecule has 0 unspecified atom stereocenters. The highest BCUT2D eigenvalue weighted by molar-refractivity contribution is 5.70. The highest BCUT2D eigenvalue weighted by Gasteiger charge is 2.29. The first-order valence-electron chi connectivity index (χ1n) is 4.09. The number of aliphatic hydroxyl groups excluding tert-OH is 1. The summed E-state index contributed by atoms with van der Waals surface area (Å²) in [6.45, 7) is -0.208. The molecule has 0 aromatic heterocycles. The minimum Gasteiger partial charge on any atom is -0.481 e. The van der Waals surface area contributed by atoms with Gasteiger partial charge in [0, 0.05) is 0 Å². The fourth-order valence-electron chi connectivity index (χ4n) is 1.79. The number of carboxylic acid groups (broad SMARTS) is 1. The van der Waals surface area contributed by atoms with Crippen LogP contribution in [0.5, 0.6) is 0 Å². The van der Waals surface area contributed by atoms with Crippen molar-refractivity contribution in [3.05, 3.63) is 0 Å². The van der Waals surface area contributed by atoms with Gasteiger partial charge < -0.3 is 10.2 Å². The first-order chi connectivity index (χ1) is 5.25. The lowest BCUT2D eigenvalue weighted by atomic mass is 9.92. The zero-order chi connectivity index (χ0) is 8.27. The second kappa shape index (κ2) is 3.72. The van der Waals surface area contributed by atoms with E-state index < -0.39 is 11.9 Å². The molecular weight excluding hydrogens is 144 g/mol. The van der Waals surface area contributed by atoms with Crippen LogP contribution in [-0.2, 0) is 4.79 Å². The molecule has 1 aliphatic rings. The van der Waals surface area contributed by atoms with Crippen LogP contribution in [-0.4, -0.2) is 22.8 Å². The highest BCUT2D eigenvalue weighted by atomic mass is 16.4. The monoisotopic (exact) mass is 158 g/mol. The van der Waals surface area contributed by atoms with Crippen molar-refractivity contribution >= 4 is 5.97 Å². The molecule has 64 valence electrons. The molecule has 0 spiro atoms. The number of aliphatic carboxylic acids is 1. The topological polar surface area (TPSA) is 57.5 Å². The molecule has 11 heavy (non-hydrogen) atoms. The van der Waals surface area contributed by atoms with E-state index in [1.54, 1.807) is 0 Å². The Morgan fingerprint density at radius 3 is 2.36 bits per heavy atom. The van der Waals surface area contributed by atoms with E-state index in [1.165, 1.54) is 0 Å². The van der Waals surface area contributed by atoms with E-state index in [1.807, 2.05) is 0 Å². The van der Waals surface area contributed by atoms with E-state index in [9.17, 15) is 4.79 Å². The molecule has 0 radical (unpaired) electrons. The lowest BCUT2D eigenvalue weighted by molar-refractivity contribution is -0.145.